The molecule has 3 aromatic carbocycles. The number of nitrogens with one attached hydrogen (secondary N) is 3. The molecule has 0 saturated carbocycles. The third-order valence-electron chi connectivity index (χ3n) is 5.73. The van der Waals surface area contributed by atoms with Crippen LogP contribution >= 0.6 is 0 Å². The average Bonchev–Trinajstić information content (AvgIpc) is 2.90. The number of benzene rings is 3. The fourth-order valence-electron chi connectivity index (χ4n) is 3.72. The summed E-state index contributed by atoms with van der Waals surface area (Å²) < 4.78 is 54.1. The van der Waals surface area contributed by atoms with E-state index in [1.807, 2.05) is 31.2 Å². The zero-order valence-corrected chi connectivity index (χ0v) is 20.5. The van der Waals surface area contributed by atoms with E-state index >= 15 is 0 Å². The van der Waals surface area contributed by atoms with E-state index in [9.17, 15) is 17.6 Å². The van der Waals surface area contributed by atoms with Gasteiger partial charge >= 0.3 is 6.18 Å². The molecule has 5 nitrogen and oxygen atoms in total. The Kier molecular flexibility index (Phi) is 7.76. The third kappa shape index (κ3) is 6.18. The lowest BCUT2D eigenvalue weighted by molar-refractivity contribution is -0.137. The number of hydrogen-bond donors (Lipinski definition) is 3. The van der Waals surface area contributed by atoms with Crippen LogP contribution in [0.5, 0.6) is 0 Å². The van der Waals surface area contributed by atoms with E-state index in [0.29, 0.717) is 22.5 Å². The molecular weight excluding hydrogens is 494 g/mol. The molecule has 0 bridgehead atoms. The molecule has 9 heteroatoms. The van der Waals surface area contributed by atoms with Crippen molar-refractivity contribution in [2.45, 2.75) is 19.5 Å². The highest BCUT2D eigenvalue weighted by atomic mass is 19.4. The summed E-state index contributed by atoms with van der Waals surface area (Å²) in [7, 11) is 0. The highest BCUT2D eigenvalue weighted by molar-refractivity contribution is 5.80. The molecule has 0 saturated heterocycles. The first-order chi connectivity index (χ1) is 18.2. The molecular formula is C29H25F4N5. The Labute approximate surface area is 218 Å². The summed E-state index contributed by atoms with van der Waals surface area (Å²) in [5, 5.41) is 9.16. The van der Waals surface area contributed by atoms with Crippen molar-refractivity contribution in [1.29, 1.82) is 0 Å². The van der Waals surface area contributed by atoms with Gasteiger partial charge in [0.1, 0.15) is 11.6 Å². The molecule has 1 heterocycles. The highest BCUT2D eigenvalue weighted by Gasteiger charge is 2.30. The number of halogens is 4. The third-order valence-corrected chi connectivity index (χ3v) is 5.73. The number of anilines is 5. The van der Waals surface area contributed by atoms with Gasteiger partial charge in [0.25, 0.3) is 0 Å². The van der Waals surface area contributed by atoms with Gasteiger partial charge in [-0.25, -0.2) is 9.37 Å². The summed E-state index contributed by atoms with van der Waals surface area (Å²) >= 11 is 0. The van der Waals surface area contributed by atoms with Gasteiger partial charge in [-0.1, -0.05) is 50.4 Å². The first-order valence-corrected chi connectivity index (χ1v) is 11.7. The predicted octanol–water partition coefficient (Wildman–Crippen LogP) is 8.46. The standard InChI is InChI=1S/C29H25F4N5/c1-4-18(3)35-22-14-15-24(30)26(16-22)36-27-23(20-10-12-21(13-11-20)29(31,32)33)17-34-28(38-27)37-25-9-7-6-8-19(25)5-2/h4,6-17,35H,1,3,5H2,2H3,(H2,34,36,37,38). The summed E-state index contributed by atoms with van der Waals surface area (Å²) in [4.78, 5) is 8.93. The maximum atomic E-state index is 14.8. The monoisotopic (exact) mass is 519 g/mol. The molecule has 194 valence electrons. The van der Waals surface area contributed by atoms with Crippen LogP contribution in [0.25, 0.3) is 11.1 Å². The van der Waals surface area contributed by atoms with Gasteiger partial charge in [-0.2, -0.15) is 18.2 Å². The molecule has 1 aromatic heterocycles. The number of rotatable bonds is 9. The van der Waals surface area contributed by atoms with Crippen LogP contribution in [0.1, 0.15) is 18.1 Å². The van der Waals surface area contributed by atoms with Crippen LogP contribution in [0.4, 0.5) is 46.4 Å². The van der Waals surface area contributed by atoms with Gasteiger partial charge in [0, 0.05) is 28.8 Å². The minimum absolute atomic E-state index is 0.0960. The second-order valence-corrected chi connectivity index (χ2v) is 8.34. The van der Waals surface area contributed by atoms with E-state index in [4.69, 9.17) is 0 Å². The van der Waals surface area contributed by atoms with Crippen LogP contribution in [0.2, 0.25) is 0 Å². The number of para-hydroxylation sites is 1. The molecule has 0 aliphatic heterocycles. The lowest BCUT2D eigenvalue weighted by Crippen LogP contribution is -2.06. The number of aromatic nitrogens is 2. The van der Waals surface area contributed by atoms with E-state index < -0.39 is 17.6 Å². The molecule has 0 aliphatic carbocycles. The Morgan fingerprint density at radius 3 is 2.39 bits per heavy atom. The molecule has 3 N–H and O–H groups in total. The summed E-state index contributed by atoms with van der Waals surface area (Å²) in [6.45, 7) is 9.46. The quantitative estimate of drug-likeness (QED) is 0.153. The van der Waals surface area contributed by atoms with Crippen molar-refractivity contribution in [2.75, 3.05) is 16.0 Å². The van der Waals surface area contributed by atoms with Gasteiger partial charge in [-0.15, -0.1) is 0 Å². The number of allylic oxidation sites excluding steroid dienone is 1. The lowest BCUT2D eigenvalue weighted by Gasteiger charge is -2.16. The van der Waals surface area contributed by atoms with E-state index in [1.54, 1.807) is 6.07 Å². The number of alkyl halides is 3. The van der Waals surface area contributed by atoms with Crippen LogP contribution in [-0.4, -0.2) is 9.97 Å². The topological polar surface area (TPSA) is 61.9 Å². The summed E-state index contributed by atoms with van der Waals surface area (Å²) in [5.41, 5.74) is 3.07. The minimum Gasteiger partial charge on any atom is -0.356 e. The fraction of sp³-hybridized carbons (Fsp3) is 0.103. The van der Waals surface area contributed by atoms with Crippen LogP contribution in [0, 0.1) is 5.82 Å². The van der Waals surface area contributed by atoms with Crippen LogP contribution in [0.15, 0.2) is 97.9 Å². The zero-order chi connectivity index (χ0) is 27.3. The average molecular weight is 520 g/mol. The Hall–Kier alpha value is -4.66. The van der Waals surface area contributed by atoms with Crippen molar-refractivity contribution in [3.63, 3.8) is 0 Å². The van der Waals surface area contributed by atoms with Crippen molar-refractivity contribution in [2.24, 2.45) is 0 Å². The summed E-state index contributed by atoms with van der Waals surface area (Å²) in [6, 6.07) is 16.6. The fourth-order valence-corrected chi connectivity index (χ4v) is 3.72. The van der Waals surface area contributed by atoms with E-state index in [0.717, 1.165) is 29.8 Å². The number of hydrogen-bond acceptors (Lipinski definition) is 5. The van der Waals surface area contributed by atoms with Crippen molar-refractivity contribution in [3.05, 3.63) is 115 Å². The van der Waals surface area contributed by atoms with Crippen LogP contribution in [-0.2, 0) is 12.6 Å². The maximum Gasteiger partial charge on any atom is 0.416 e. The van der Waals surface area contributed by atoms with Crippen LogP contribution in [0.3, 0.4) is 0 Å². The second kappa shape index (κ2) is 11.2. The van der Waals surface area contributed by atoms with Gasteiger partial charge in [-0.05, 0) is 60.0 Å². The van der Waals surface area contributed by atoms with Crippen LogP contribution < -0.4 is 16.0 Å². The van der Waals surface area contributed by atoms with Gasteiger partial charge in [0.05, 0.1) is 11.3 Å². The Bertz CT molecular complexity index is 1460. The summed E-state index contributed by atoms with van der Waals surface area (Å²) in [6.07, 6.45) is -0.689. The molecule has 0 radical (unpaired) electrons. The predicted molar refractivity (Wildman–Crippen MR) is 144 cm³/mol. The molecule has 0 amide bonds. The smallest absolute Gasteiger partial charge is 0.356 e. The van der Waals surface area contributed by atoms with Crippen molar-refractivity contribution >= 4 is 28.8 Å². The first-order valence-electron chi connectivity index (χ1n) is 11.7. The van der Waals surface area contributed by atoms with Gasteiger partial charge in [0.2, 0.25) is 5.95 Å². The molecule has 4 aromatic rings. The van der Waals surface area contributed by atoms with Crippen molar-refractivity contribution in [3.8, 4) is 11.1 Å². The van der Waals surface area contributed by atoms with Crippen molar-refractivity contribution in [1.82, 2.24) is 9.97 Å². The second-order valence-electron chi connectivity index (χ2n) is 8.34. The maximum absolute atomic E-state index is 14.8. The Balaban J connectivity index is 1.76. The summed E-state index contributed by atoms with van der Waals surface area (Å²) in [5.74, 6) is -0.115. The zero-order valence-electron chi connectivity index (χ0n) is 20.5. The molecule has 0 fully saturated rings. The van der Waals surface area contributed by atoms with Crippen molar-refractivity contribution < 1.29 is 17.6 Å². The molecule has 4 rings (SSSR count). The first kappa shape index (κ1) is 26.4. The molecule has 38 heavy (non-hydrogen) atoms. The minimum atomic E-state index is -4.47. The highest BCUT2D eigenvalue weighted by Crippen LogP contribution is 2.35. The van der Waals surface area contributed by atoms with E-state index in [2.05, 4.69) is 39.1 Å². The largest absolute Gasteiger partial charge is 0.416 e. The lowest BCUT2D eigenvalue weighted by atomic mass is 10.1. The normalized spacial score (nSPS) is 11.1. The van der Waals surface area contributed by atoms with Gasteiger partial charge < -0.3 is 16.0 Å². The van der Waals surface area contributed by atoms with Gasteiger partial charge in [0.15, 0.2) is 0 Å². The van der Waals surface area contributed by atoms with E-state index in [1.165, 1.54) is 36.5 Å². The number of aryl methyl sites for hydroxylation is 1. The van der Waals surface area contributed by atoms with E-state index in [-0.39, 0.29) is 17.5 Å². The van der Waals surface area contributed by atoms with Gasteiger partial charge in [-0.3, -0.25) is 0 Å². The number of nitrogens with zero attached hydrogens (tertiary/aromatic N) is 2. The molecule has 0 spiro atoms. The molecule has 0 aliphatic rings. The Morgan fingerprint density at radius 1 is 0.974 bits per heavy atom. The molecule has 0 atom stereocenters. The Morgan fingerprint density at radius 2 is 1.71 bits per heavy atom. The molecule has 0 unspecified atom stereocenters. The SMILES string of the molecule is C=CC(=C)Nc1ccc(F)c(Nc2nc(Nc3ccccc3CC)ncc2-c2ccc(C(F)(F)F)cc2)c1.